The lowest BCUT2D eigenvalue weighted by Crippen LogP contribution is -2.46. The van der Waals surface area contributed by atoms with Crippen LogP contribution in [0.4, 0.5) is 0 Å². The Balaban J connectivity index is 1.21. The van der Waals surface area contributed by atoms with Crippen LogP contribution in [0.25, 0.3) is 11.1 Å². The summed E-state index contributed by atoms with van der Waals surface area (Å²) >= 11 is 0. The predicted molar refractivity (Wildman–Crippen MR) is 104 cm³/mol. The molecule has 6 heteroatoms. The van der Waals surface area contributed by atoms with Crippen LogP contribution in [-0.2, 0) is 9.59 Å². The number of aromatic nitrogens is 1. The van der Waals surface area contributed by atoms with Crippen molar-refractivity contribution in [2.45, 2.75) is 57.3 Å². The van der Waals surface area contributed by atoms with Crippen LogP contribution >= 0.6 is 0 Å². The standard InChI is InChI=1S/C22H27N3O3/c26-19-14-22(10-4-1-5-11-22)21(27)25(19)15-24-12-8-16(9-13-24)20-23-17-6-2-3-7-18(17)28-20/h2-3,6-7,16H,1,4-5,8-15H2. The molecule has 1 aliphatic carbocycles. The summed E-state index contributed by atoms with van der Waals surface area (Å²) in [4.78, 5) is 34.0. The number of carbonyl (C=O) groups is 2. The number of nitrogens with zero attached hydrogens (tertiary/aromatic N) is 3. The van der Waals surface area contributed by atoms with Crippen LogP contribution in [0.1, 0.15) is 63.2 Å². The highest BCUT2D eigenvalue weighted by Crippen LogP contribution is 2.45. The van der Waals surface area contributed by atoms with E-state index in [0.29, 0.717) is 19.0 Å². The Morgan fingerprint density at radius 2 is 1.82 bits per heavy atom. The Hall–Kier alpha value is -2.21. The number of likely N-dealkylation sites (tertiary alicyclic amines) is 2. The number of benzene rings is 1. The van der Waals surface area contributed by atoms with Crippen LogP contribution in [0.2, 0.25) is 0 Å². The molecule has 2 aromatic rings. The van der Waals surface area contributed by atoms with E-state index in [1.165, 1.54) is 11.3 Å². The van der Waals surface area contributed by atoms with Crippen molar-refractivity contribution in [3.8, 4) is 0 Å². The van der Waals surface area contributed by atoms with Gasteiger partial charge in [-0.15, -0.1) is 0 Å². The van der Waals surface area contributed by atoms with E-state index >= 15 is 0 Å². The summed E-state index contributed by atoms with van der Waals surface area (Å²) in [7, 11) is 0. The lowest BCUT2D eigenvalue weighted by molar-refractivity contribution is -0.144. The average molecular weight is 381 g/mol. The van der Waals surface area contributed by atoms with Gasteiger partial charge in [-0.2, -0.15) is 0 Å². The van der Waals surface area contributed by atoms with E-state index in [2.05, 4.69) is 9.88 Å². The fourth-order valence-electron chi connectivity index (χ4n) is 5.21. The van der Waals surface area contributed by atoms with Crippen molar-refractivity contribution in [1.82, 2.24) is 14.8 Å². The maximum Gasteiger partial charge on any atom is 0.237 e. The molecule has 5 rings (SSSR count). The molecular weight excluding hydrogens is 354 g/mol. The quantitative estimate of drug-likeness (QED) is 0.759. The molecule has 3 fully saturated rings. The fourth-order valence-corrected chi connectivity index (χ4v) is 5.21. The molecule has 1 aromatic heterocycles. The van der Waals surface area contributed by atoms with Crippen LogP contribution in [-0.4, -0.2) is 46.4 Å². The summed E-state index contributed by atoms with van der Waals surface area (Å²) in [6, 6.07) is 7.86. The molecule has 0 bridgehead atoms. The van der Waals surface area contributed by atoms with Gasteiger partial charge in [-0.3, -0.25) is 19.4 Å². The number of hydrogen-bond acceptors (Lipinski definition) is 5. The fraction of sp³-hybridized carbons (Fsp3) is 0.591. The first-order valence-electron chi connectivity index (χ1n) is 10.6. The smallest absolute Gasteiger partial charge is 0.237 e. The van der Waals surface area contributed by atoms with E-state index in [0.717, 1.165) is 68.6 Å². The molecule has 2 amide bonds. The van der Waals surface area contributed by atoms with Crippen molar-refractivity contribution in [1.29, 1.82) is 0 Å². The minimum absolute atomic E-state index is 0.0213. The van der Waals surface area contributed by atoms with Crippen LogP contribution in [0, 0.1) is 5.41 Å². The maximum absolute atomic E-state index is 13.0. The topological polar surface area (TPSA) is 66.7 Å². The van der Waals surface area contributed by atoms with Gasteiger partial charge in [0.15, 0.2) is 11.5 Å². The largest absolute Gasteiger partial charge is 0.440 e. The molecule has 148 valence electrons. The normalized spacial score (nSPS) is 23.9. The van der Waals surface area contributed by atoms with Crippen molar-refractivity contribution < 1.29 is 14.0 Å². The zero-order chi connectivity index (χ0) is 19.1. The average Bonchev–Trinajstić information content (AvgIpc) is 3.25. The van der Waals surface area contributed by atoms with Gasteiger partial charge in [0, 0.05) is 25.4 Å². The molecule has 1 spiro atoms. The summed E-state index contributed by atoms with van der Waals surface area (Å²) in [6.07, 6.45) is 7.40. The zero-order valence-electron chi connectivity index (χ0n) is 16.2. The van der Waals surface area contributed by atoms with Crippen LogP contribution in [0.3, 0.4) is 0 Å². The molecular formula is C22H27N3O3. The number of hydrogen-bond donors (Lipinski definition) is 0. The summed E-state index contributed by atoms with van der Waals surface area (Å²) in [6.45, 7) is 2.15. The van der Waals surface area contributed by atoms with E-state index in [9.17, 15) is 9.59 Å². The number of para-hydroxylation sites is 2. The molecule has 1 saturated carbocycles. The Bertz CT molecular complexity index is 858. The lowest BCUT2D eigenvalue weighted by Gasteiger charge is -2.34. The molecule has 28 heavy (non-hydrogen) atoms. The number of imide groups is 1. The van der Waals surface area contributed by atoms with E-state index in [1.54, 1.807) is 0 Å². The van der Waals surface area contributed by atoms with Crippen molar-refractivity contribution in [2.75, 3.05) is 19.8 Å². The van der Waals surface area contributed by atoms with E-state index in [1.807, 2.05) is 24.3 Å². The lowest BCUT2D eigenvalue weighted by atomic mass is 9.73. The van der Waals surface area contributed by atoms with Crippen molar-refractivity contribution in [2.24, 2.45) is 5.41 Å². The number of rotatable bonds is 3. The number of carbonyl (C=O) groups excluding carboxylic acids is 2. The van der Waals surface area contributed by atoms with Crippen LogP contribution in [0.15, 0.2) is 28.7 Å². The molecule has 0 radical (unpaired) electrons. The first-order chi connectivity index (χ1) is 13.6. The number of amides is 2. The molecule has 2 saturated heterocycles. The van der Waals surface area contributed by atoms with Crippen molar-refractivity contribution >= 4 is 22.9 Å². The highest BCUT2D eigenvalue weighted by molar-refractivity contribution is 6.05. The SMILES string of the molecule is O=C1CC2(CCCCC2)C(=O)N1CN1CCC(c2nc3ccccc3o2)CC1. The molecule has 0 N–H and O–H groups in total. The van der Waals surface area contributed by atoms with E-state index in [4.69, 9.17) is 4.42 Å². The summed E-state index contributed by atoms with van der Waals surface area (Å²) in [5, 5.41) is 0. The van der Waals surface area contributed by atoms with Gasteiger partial charge in [0.25, 0.3) is 0 Å². The van der Waals surface area contributed by atoms with Crippen LogP contribution in [0.5, 0.6) is 0 Å². The Kier molecular flexibility index (Phi) is 4.46. The van der Waals surface area contributed by atoms with Gasteiger partial charge in [-0.1, -0.05) is 31.4 Å². The molecule has 3 heterocycles. The monoisotopic (exact) mass is 381 g/mol. The molecule has 0 unspecified atom stereocenters. The van der Waals surface area contributed by atoms with E-state index < -0.39 is 0 Å². The molecule has 1 aromatic carbocycles. The number of oxazole rings is 1. The number of piperidine rings is 1. The summed E-state index contributed by atoms with van der Waals surface area (Å²) in [5.74, 6) is 1.22. The Morgan fingerprint density at radius 3 is 2.57 bits per heavy atom. The van der Waals surface area contributed by atoms with Gasteiger partial charge in [0.05, 0.1) is 12.1 Å². The van der Waals surface area contributed by atoms with Gasteiger partial charge in [0.2, 0.25) is 11.8 Å². The first-order valence-corrected chi connectivity index (χ1v) is 10.6. The molecule has 6 nitrogen and oxygen atoms in total. The maximum atomic E-state index is 13.0. The highest BCUT2D eigenvalue weighted by atomic mass is 16.3. The molecule has 0 atom stereocenters. The second-order valence-electron chi connectivity index (χ2n) is 8.70. The second-order valence-corrected chi connectivity index (χ2v) is 8.70. The third-order valence-electron chi connectivity index (χ3n) is 6.89. The summed E-state index contributed by atoms with van der Waals surface area (Å²) < 4.78 is 5.94. The Morgan fingerprint density at radius 1 is 1.07 bits per heavy atom. The third kappa shape index (κ3) is 3.04. The minimum atomic E-state index is -0.383. The first kappa shape index (κ1) is 17.9. The van der Waals surface area contributed by atoms with Gasteiger partial charge in [-0.25, -0.2) is 4.98 Å². The number of fused-ring (bicyclic) bond motifs is 1. The van der Waals surface area contributed by atoms with Gasteiger partial charge in [0.1, 0.15) is 5.52 Å². The second kappa shape index (κ2) is 6.99. The van der Waals surface area contributed by atoms with Gasteiger partial charge < -0.3 is 4.42 Å². The zero-order valence-corrected chi connectivity index (χ0v) is 16.2. The van der Waals surface area contributed by atoms with Crippen LogP contribution < -0.4 is 0 Å². The summed E-state index contributed by atoms with van der Waals surface area (Å²) in [5.41, 5.74) is 1.36. The Labute approximate surface area is 164 Å². The van der Waals surface area contributed by atoms with Gasteiger partial charge in [-0.05, 0) is 37.8 Å². The minimum Gasteiger partial charge on any atom is -0.440 e. The van der Waals surface area contributed by atoms with Crippen molar-refractivity contribution in [3.63, 3.8) is 0 Å². The van der Waals surface area contributed by atoms with Crippen molar-refractivity contribution in [3.05, 3.63) is 30.2 Å². The third-order valence-corrected chi connectivity index (χ3v) is 6.89. The van der Waals surface area contributed by atoms with Gasteiger partial charge >= 0.3 is 0 Å². The predicted octanol–water partition coefficient (Wildman–Crippen LogP) is 3.67. The molecule has 3 aliphatic rings. The molecule has 2 aliphatic heterocycles. The van der Waals surface area contributed by atoms with E-state index in [-0.39, 0.29) is 17.2 Å². The highest BCUT2D eigenvalue weighted by Gasteiger charge is 2.51.